The van der Waals surface area contributed by atoms with Gasteiger partial charge in [0.05, 0.1) is 81.7 Å². The lowest BCUT2D eigenvalue weighted by Crippen LogP contribution is -2.14. The van der Waals surface area contributed by atoms with E-state index < -0.39 is 82.9 Å². The Kier molecular flexibility index (Phi) is 47.4. The highest BCUT2D eigenvalue weighted by molar-refractivity contribution is 14.1. The fraction of sp³-hybridized carbons (Fsp3) is 0.243. The van der Waals surface area contributed by atoms with Gasteiger partial charge in [0, 0.05) is 74.9 Å². The van der Waals surface area contributed by atoms with Gasteiger partial charge in [0.1, 0.15) is 80.0 Å². The normalized spacial score (nSPS) is 11.1. The number of hydrogen-bond acceptors (Lipinski definition) is 18. The van der Waals surface area contributed by atoms with E-state index >= 15 is 0 Å². The Balaban J connectivity index is 0.000000242. The maximum absolute atomic E-state index is 14.1. The zero-order chi connectivity index (χ0) is 111. The summed E-state index contributed by atoms with van der Waals surface area (Å²) in [5, 5.41) is 18.1. The molecular formula is C103H94BrClF19IN6O12S6. The fourth-order valence-electron chi connectivity index (χ4n) is 12.9. The molecule has 12 rings (SSSR count). The van der Waals surface area contributed by atoms with Crippen LogP contribution in [0.4, 0.5) is 118 Å². The van der Waals surface area contributed by atoms with Gasteiger partial charge in [-0.1, -0.05) is 152 Å². The van der Waals surface area contributed by atoms with Gasteiger partial charge in [0.25, 0.3) is 31.0 Å². The van der Waals surface area contributed by atoms with Crippen LogP contribution in [0.2, 0.25) is 5.02 Å². The topological polar surface area (TPSA) is 183 Å². The molecule has 0 fully saturated rings. The molecule has 46 heteroatoms. The molecule has 0 atom stereocenters. The quantitative estimate of drug-likeness (QED) is 0.0191. The summed E-state index contributed by atoms with van der Waals surface area (Å²) in [5.74, 6) is -2.13. The fourth-order valence-corrected chi connectivity index (χ4v) is 14.9. The van der Waals surface area contributed by atoms with Crippen LogP contribution in [0.15, 0.2) is 229 Å². The van der Waals surface area contributed by atoms with Crippen LogP contribution in [0.25, 0.3) is 0 Å². The number of thiocarbonyl (C=S) groups is 6. The Hall–Kier alpha value is -12.3. The van der Waals surface area contributed by atoms with Crippen molar-refractivity contribution in [3.63, 3.8) is 0 Å². The van der Waals surface area contributed by atoms with E-state index in [-0.39, 0.29) is 110 Å². The molecule has 12 aromatic carbocycles. The highest BCUT2D eigenvalue weighted by Gasteiger charge is 2.40. The van der Waals surface area contributed by atoms with Gasteiger partial charge in [0.15, 0.2) is 0 Å². The first-order valence-corrected chi connectivity index (χ1v) is 47.8. The minimum atomic E-state index is -4.57. The average Bonchev–Trinajstić information content (AvgIpc) is 0.810. The molecule has 18 nitrogen and oxygen atoms in total. The highest BCUT2D eigenvalue weighted by Crippen LogP contribution is 2.45. The molecule has 0 amide bonds. The van der Waals surface area contributed by atoms with Crippen molar-refractivity contribution in [3.05, 3.63) is 349 Å². The number of ether oxygens (including phenoxy) is 12. The molecule has 0 radical (unpaired) electrons. The number of anilines is 6. The molecule has 0 bridgehead atoms. The van der Waals surface area contributed by atoms with Gasteiger partial charge in [-0.05, 0) is 283 Å². The lowest BCUT2D eigenvalue weighted by atomic mass is 10.1. The Morgan fingerprint density at radius 2 is 0.510 bits per heavy atom. The summed E-state index contributed by atoms with van der Waals surface area (Å²) in [4.78, 5) is 0. The zero-order valence-corrected chi connectivity index (χ0v) is 90.2. The first kappa shape index (κ1) is 124. The van der Waals surface area contributed by atoms with E-state index in [9.17, 15) is 83.4 Å². The van der Waals surface area contributed by atoms with Crippen LogP contribution < -0.4 is 60.3 Å². The molecule has 149 heavy (non-hydrogen) atoms. The Bertz CT molecular complexity index is 5890. The van der Waals surface area contributed by atoms with E-state index in [1.54, 1.807) is 151 Å². The third-order valence-corrected chi connectivity index (χ3v) is 24.0. The molecule has 0 aromatic heterocycles. The van der Waals surface area contributed by atoms with E-state index in [4.69, 9.17) is 142 Å². The minimum Gasteiger partial charge on any atom is -0.488 e. The number of nitrogens with one attached hydrogen (secondary N) is 6. The molecule has 0 aliphatic rings. The van der Waals surface area contributed by atoms with Crippen LogP contribution in [-0.2, 0) is 105 Å². The van der Waals surface area contributed by atoms with Crippen molar-refractivity contribution in [3.8, 4) is 34.5 Å². The molecule has 0 saturated carbocycles. The lowest BCUT2D eigenvalue weighted by molar-refractivity contribution is -0.139. The highest BCUT2D eigenvalue weighted by atomic mass is 127. The van der Waals surface area contributed by atoms with Crippen molar-refractivity contribution in [1.82, 2.24) is 0 Å². The predicted octanol–water partition coefficient (Wildman–Crippen LogP) is 32.1. The third-order valence-electron chi connectivity index (χ3n) is 20.3. The second-order valence-electron chi connectivity index (χ2n) is 31.2. The van der Waals surface area contributed by atoms with Crippen molar-refractivity contribution >= 4 is 189 Å². The maximum Gasteiger partial charge on any atom is 0.419 e. The van der Waals surface area contributed by atoms with E-state index in [0.717, 1.165) is 45.5 Å². The second-order valence-corrected chi connectivity index (χ2v) is 35.9. The summed E-state index contributed by atoms with van der Waals surface area (Å²) in [7, 11) is 8.46. The van der Waals surface area contributed by atoms with Gasteiger partial charge in [0.2, 0.25) is 0 Å². The van der Waals surface area contributed by atoms with Crippen LogP contribution in [0.5, 0.6) is 34.5 Å². The standard InChI is InChI=1S/C18H18F3NO2S.C17H15BrF3NO2S.C17H15ClF3NO2S.C17H15F4NO2S.C17H15F3INO2S.C17H16F3NO2S/c1-11-7-8-16(14(9-11)18(19,20)21)24-10-13-12(2)5-4-6-15(13)22-17(25)23-3;3*1-10-6-7-15(12(8-10)17(19,20)21)24-9-11-13(18)4-3-5-14(11)22-16(25)23-2;1-10-6-7-15(12(8-10)17(18,19)20)24-9-11-13(21)4-3-5-14(11)22-16(25)23-2;1-11-7-8-15(13(9-11)17(18,19)20)23-10-12-5-3-4-6-14(12)21-16(24)22-2/h4-9H,10H2,1-3H3,(H,22,25);4*3-8H,9H2,1-2H3,(H,22,25);3-9H,10H2,1-2H3,(H,21,24). The number of methoxy groups -OCH3 is 6. The van der Waals surface area contributed by atoms with Crippen LogP contribution in [0, 0.1) is 57.9 Å². The van der Waals surface area contributed by atoms with Gasteiger partial charge < -0.3 is 88.7 Å². The monoisotopic (exact) mass is 2400 g/mol. The number of hydrogen-bond donors (Lipinski definition) is 6. The Labute approximate surface area is 905 Å². The summed E-state index contributed by atoms with van der Waals surface area (Å²) in [6.07, 6.45) is -27.0. The molecule has 6 N–H and O–H groups in total. The number of aryl methyl sites for hydroxylation is 7. The summed E-state index contributed by atoms with van der Waals surface area (Å²) >= 11 is 41.3. The molecule has 0 aliphatic carbocycles. The van der Waals surface area contributed by atoms with E-state index in [1.807, 2.05) is 25.1 Å². The van der Waals surface area contributed by atoms with Crippen LogP contribution in [0.1, 0.15) is 106 Å². The number of para-hydroxylation sites is 1. The van der Waals surface area contributed by atoms with Crippen molar-refractivity contribution in [2.45, 2.75) is 125 Å². The lowest BCUT2D eigenvalue weighted by Gasteiger charge is -2.18. The number of rotatable bonds is 24. The van der Waals surface area contributed by atoms with Crippen molar-refractivity contribution in [1.29, 1.82) is 0 Å². The molecule has 0 spiro atoms. The van der Waals surface area contributed by atoms with Crippen LogP contribution in [0.3, 0.4) is 0 Å². The molecule has 798 valence electrons. The van der Waals surface area contributed by atoms with Crippen molar-refractivity contribution in [2.75, 3.05) is 74.6 Å². The van der Waals surface area contributed by atoms with Gasteiger partial charge in [-0.2, -0.15) is 79.0 Å². The predicted molar refractivity (Wildman–Crippen MR) is 571 cm³/mol. The minimum absolute atomic E-state index is 0.00170. The summed E-state index contributed by atoms with van der Waals surface area (Å²) < 4.78 is 315. The molecule has 12 aromatic rings. The van der Waals surface area contributed by atoms with Gasteiger partial charge in [-0.15, -0.1) is 0 Å². The third kappa shape index (κ3) is 39.2. The summed E-state index contributed by atoms with van der Waals surface area (Å²) in [6, 6.07) is 55.7. The number of alkyl halides is 18. The number of benzene rings is 12. The van der Waals surface area contributed by atoms with Gasteiger partial charge >= 0.3 is 37.1 Å². The summed E-state index contributed by atoms with van der Waals surface area (Å²) in [6.45, 7) is 10.6. The SMILES string of the molecule is COC(=S)Nc1cccc(Br)c1COc1ccc(C)cc1C(F)(F)F.COC(=S)Nc1cccc(C)c1COc1ccc(C)cc1C(F)(F)F.COC(=S)Nc1cccc(Cl)c1COc1ccc(C)cc1C(F)(F)F.COC(=S)Nc1cccc(F)c1COc1ccc(C)cc1C(F)(F)F.COC(=S)Nc1cccc(I)c1COc1ccc(C)cc1C(F)(F)F.COC(=S)Nc1ccccc1COc1ccc(C)cc1C(F)(F)F. The molecule has 0 heterocycles. The van der Waals surface area contributed by atoms with Gasteiger partial charge in [-0.3, -0.25) is 0 Å². The average molecular weight is 2400 g/mol. The van der Waals surface area contributed by atoms with E-state index in [2.05, 4.69) is 70.4 Å². The summed E-state index contributed by atoms with van der Waals surface area (Å²) in [5.41, 5.74) is 5.33. The largest absolute Gasteiger partial charge is 0.488 e. The van der Waals surface area contributed by atoms with Crippen molar-refractivity contribution < 1.29 is 140 Å². The Morgan fingerprint density at radius 3 is 0.839 bits per heavy atom. The van der Waals surface area contributed by atoms with Gasteiger partial charge in [-0.25, -0.2) is 4.39 Å². The van der Waals surface area contributed by atoms with E-state index in [1.165, 1.54) is 103 Å². The molecular weight excluding hydrogens is 2310 g/mol. The Morgan fingerprint density at radius 1 is 0.275 bits per heavy atom. The zero-order valence-electron chi connectivity index (χ0n) is 80.8. The first-order valence-electron chi connectivity index (χ1n) is 43.1. The van der Waals surface area contributed by atoms with Crippen LogP contribution in [-0.4, -0.2) is 73.7 Å². The molecule has 0 aliphatic heterocycles. The van der Waals surface area contributed by atoms with E-state index in [0.29, 0.717) is 99.1 Å². The molecule has 0 unspecified atom stereocenters. The first-order chi connectivity index (χ1) is 69.9. The second kappa shape index (κ2) is 57.1. The van der Waals surface area contributed by atoms with Crippen LogP contribution >= 0.6 is 123 Å². The van der Waals surface area contributed by atoms with Crippen molar-refractivity contribution in [2.24, 2.45) is 0 Å². The molecule has 0 saturated heterocycles. The maximum atomic E-state index is 14.1. The smallest absolute Gasteiger partial charge is 0.419 e. The number of halogens is 22.